The molecule has 0 radical (unpaired) electrons. The number of rotatable bonds is 8. The van der Waals surface area contributed by atoms with Crippen molar-refractivity contribution in [2.24, 2.45) is 0 Å². The van der Waals surface area contributed by atoms with Crippen molar-refractivity contribution in [1.82, 2.24) is 29.9 Å². The van der Waals surface area contributed by atoms with E-state index in [1.807, 2.05) is 47.4 Å². The first-order valence-corrected chi connectivity index (χ1v) is 21.6. The maximum Gasteiger partial charge on any atom is 0.328 e. The summed E-state index contributed by atoms with van der Waals surface area (Å²) in [4.78, 5) is 45.8. The van der Waals surface area contributed by atoms with Gasteiger partial charge in [0.15, 0.2) is 5.82 Å². The molecule has 14 heteroatoms. The van der Waals surface area contributed by atoms with Gasteiger partial charge in [-0.15, -0.1) is 10.2 Å². The number of fused-ring (bicyclic) bond motifs is 1. The van der Waals surface area contributed by atoms with Gasteiger partial charge < -0.3 is 30.1 Å². The zero-order chi connectivity index (χ0) is 42.4. The summed E-state index contributed by atoms with van der Waals surface area (Å²) in [5.74, 6) is 0.422. The summed E-state index contributed by atoms with van der Waals surface area (Å²) in [5, 5.41) is 22.4. The Hall–Kier alpha value is -6.02. The van der Waals surface area contributed by atoms with Crippen LogP contribution in [0.2, 0.25) is 0 Å². The van der Waals surface area contributed by atoms with Crippen molar-refractivity contribution in [3.8, 4) is 17.0 Å². The lowest BCUT2D eigenvalue weighted by atomic mass is 9.86. The minimum Gasteiger partial charge on any atom is -0.507 e. The van der Waals surface area contributed by atoms with Crippen molar-refractivity contribution in [3.05, 3.63) is 95.2 Å². The molecule has 3 aromatic carbocycles. The van der Waals surface area contributed by atoms with Crippen molar-refractivity contribution in [1.29, 1.82) is 0 Å². The molecule has 5 aromatic rings. The summed E-state index contributed by atoms with van der Waals surface area (Å²) in [6.07, 6.45) is 6.90. The molecule has 0 saturated carbocycles. The van der Waals surface area contributed by atoms with Crippen LogP contribution in [0.3, 0.4) is 0 Å². The zero-order valence-corrected chi connectivity index (χ0v) is 34.9. The average Bonchev–Trinajstić information content (AvgIpc) is 3.59. The number of hydrogen-bond acceptors (Lipinski definition) is 9. The number of nitrogens with zero attached hydrogens (tertiary/aromatic N) is 7. The van der Waals surface area contributed by atoms with Crippen LogP contribution in [-0.2, 0) is 4.79 Å². The normalized spacial score (nSPS) is 20.3. The van der Waals surface area contributed by atoms with Crippen LogP contribution < -0.4 is 20.9 Å². The number of piperidine rings is 3. The predicted molar refractivity (Wildman–Crippen MR) is 235 cm³/mol. The Bertz CT molecular complexity index is 2490. The number of nitrogen functional groups attached to an aromatic ring is 1. The molecule has 4 aliphatic rings. The highest BCUT2D eigenvalue weighted by Gasteiger charge is 2.39. The standard InChI is InChI=1S/C47H54FN9O4/c1-30-24-32(9-11-36(30)33-6-5-18-55(28-33)41-26-39(51-52-44(41)49)37-7-3-4-8-42(37)58)45(60)54-22-16-47(48,17-23-54)29-53-19-13-34(14-20-53)57-27-31(2)38-25-35(10-12-40(38)57)56-21-15-43(59)50-46(56)61/h3-4,7-12,24-27,33-34,58H,5-6,13-23,28-29H2,1-2H3,(H2,49,52)(H,50,59,61)/t33-/m0/s1. The molecule has 13 nitrogen and oxygen atoms in total. The van der Waals surface area contributed by atoms with Crippen molar-refractivity contribution >= 4 is 45.9 Å². The first kappa shape index (κ1) is 40.4. The molecule has 6 heterocycles. The van der Waals surface area contributed by atoms with E-state index in [-0.39, 0.29) is 42.0 Å². The summed E-state index contributed by atoms with van der Waals surface area (Å²) >= 11 is 0. The van der Waals surface area contributed by atoms with Crippen LogP contribution in [0.15, 0.2) is 72.9 Å². The van der Waals surface area contributed by atoms with Gasteiger partial charge in [-0.2, -0.15) is 0 Å². The van der Waals surface area contributed by atoms with Gasteiger partial charge >= 0.3 is 6.03 Å². The first-order chi connectivity index (χ1) is 29.4. The molecule has 61 heavy (non-hydrogen) atoms. The number of alkyl halides is 1. The molecule has 0 aliphatic carbocycles. The number of phenolic OH excluding ortho intramolecular Hbond substituents is 1. The van der Waals surface area contributed by atoms with E-state index < -0.39 is 5.67 Å². The van der Waals surface area contributed by atoms with Gasteiger partial charge in [-0.3, -0.25) is 19.8 Å². The van der Waals surface area contributed by atoms with Gasteiger partial charge in [-0.1, -0.05) is 18.2 Å². The fourth-order valence-electron chi connectivity index (χ4n) is 10.1. The Morgan fingerprint density at radius 3 is 2.46 bits per heavy atom. The second-order valence-corrected chi connectivity index (χ2v) is 17.5. The summed E-state index contributed by atoms with van der Waals surface area (Å²) in [5.41, 5.74) is 12.9. The average molecular weight is 828 g/mol. The van der Waals surface area contributed by atoms with Gasteiger partial charge in [0.2, 0.25) is 5.91 Å². The number of likely N-dealkylation sites (tertiary alicyclic amines) is 2. The molecular formula is C47H54FN9O4. The number of para-hydroxylation sites is 1. The lowest BCUT2D eigenvalue weighted by molar-refractivity contribution is -0.120. The number of benzene rings is 3. The van der Waals surface area contributed by atoms with Gasteiger partial charge in [-0.25, -0.2) is 9.18 Å². The fourth-order valence-corrected chi connectivity index (χ4v) is 10.1. The number of nitrogens with one attached hydrogen (secondary N) is 1. The van der Waals surface area contributed by atoms with E-state index in [1.54, 1.807) is 17.0 Å². The number of urea groups is 1. The third-order valence-corrected chi connectivity index (χ3v) is 13.5. The van der Waals surface area contributed by atoms with Gasteiger partial charge in [0.25, 0.3) is 5.91 Å². The van der Waals surface area contributed by atoms with E-state index in [2.05, 4.69) is 62.1 Å². The predicted octanol–water partition coefficient (Wildman–Crippen LogP) is 7.11. The number of carbonyl (C=O) groups excluding carboxylic acids is 3. The quantitative estimate of drug-likeness (QED) is 0.149. The molecule has 1 atom stereocenters. The number of anilines is 3. The smallest absolute Gasteiger partial charge is 0.328 e. The van der Waals surface area contributed by atoms with Gasteiger partial charge in [0, 0.05) is 117 Å². The van der Waals surface area contributed by atoms with E-state index in [0.717, 1.165) is 85.3 Å². The topological polar surface area (TPSA) is 153 Å². The lowest BCUT2D eigenvalue weighted by Gasteiger charge is -2.41. The van der Waals surface area contributed by atoms with Crippen LogP contribution >= 0.6 is 0 Å². The maximum absolute atomic E-state index is 16.4. The van der Waals surface area contributed by atoms with Gasteiger partial charge in [0.1, 0.15) is 11.4 Å². The Balaban J connectivity index is 0.781. The van der Waals surface area contributed by atoms with Crippen LogP contribution in [0.5, 0.6) is 5.75 Å². The third-order valence-electron chi connectivity index (χ3n) is 13.5. The lowest BCUT2D eigenvalue weighted by Crippen LogP contribution is -2.51. The number of aromatic nitrogens is 3. The van der Waals surface area contributed by atoms with E-state index in [9.17, 15) is 19.5 Å². The summed E-state index contributed by atoms with van der Waals surface area (Å²) in [6, 6.07) is 20.9. The molecule has 4 N–H and O–H groups in total. The second-order valence-electron chi connectivity index (χ2n) is 17.5. The number of aromatic hydroxyl groups is 1. The van der Waals surface area contributed by atoms with Gasteiger partial charge in [-0.05, 0) is 105 Å². The summed E-state index contributed by atoms with van der Waals surface area (Å²) in [6.45, 7) is 8.83. The van der Waals surface area contributed by atoms with Crippen molar-refractivity contribution < 1.29 is 23.9 Å². The monoisotopic (exact) mass is 827 g/mol. The highest BCUT2D eigenvalue weighted by Crippen LogP contribution is 2.38. The number of hydrogen-bond donors (Lipinski definition) is 3. The molecule has 318 valence electrons. The van der Waals surface area contributed by atoms with Crippen LogP contribution in [0.25, 0.3) is 22.2 Å². The molecular weight excluding hydrogens is 774 g/mol. The Morgan fingerprint density at radius 1 is 0.918 bits per heavy atom. The number of carbonyl (C=O) groups is 3. The second kappa shape index (κ2) is 16.4. The Kier molecular flexibility index (Phi) is 10.9. The number of nitrogens with two attached hydrogens (primary N) is 1. The number of imide groups is 1. The van der Waals surface area contributed by atoms with E-state index in [0.29, 0.717) is 61.7 Å². The van der Waals surface area contributed by atoms with Crippen molar-refractivity contribution in [2.75, 3.05) is 67.9 Å². The highest BCUT2D eigenvalue weighted by molar-refractivity contribution is 6.06. The molecule has 0 unspecified atom stereocenters. The van der Waals surface area contributed by atoms with E-state index >= 15 is 4.39 Å². The summed E-state index contributed by atoms with van der Waals surface area (Å²) < 4.78 is 18.8. The van der Waals surface area contributed by atoms with E-state index in [4.69, 9.17) is 5.73 Å². The van der Waals surface area contributed by atoms with Crippen LogP contribution in [0, 0.1) is 13.8 Å². The highest BCUT2D eigenvalue weighted by atomic mass is 19.1. The van der Waals surface area contributed by atoms with Gasteiger partial charge in [0.05, 0.1) is 11.4 Å². The number of aryl methyl sites for hydroxylation is 2. The fraction of sp³-hybridized carbons (Fsp3) is 0.426. The summed E-state index contributed by atoms with van der Waals surface area (Å²) in [7, 11) is 0. The largest absolute Gasteiger partial charge is 0.507 e. The molecule has 2 aromatic heterocycles. The molecule has 4 saturated heterocycles. The van der Waals surface area contributed by atoms with Crippen molar-refractivity contribution in [2.45, 2.75) is 76.4 Å². The first-order valence-electron chi connectivity index (χ1n) is 21.6. The van der Waals surface area contributed by atoms with Crippen molar-refractivity contribution in [3.63, 3.8) is 0 Å². The van der Waals surface area contributed by atoms with Crippen LogP contribution in [0.1, 0.15) is 84.0 Å². The molecule has 4 amide bonds. The maximum atomic E-state index is 16.4. The molecule has 4 fully saturated rings. The third kappa shape index (κ3) is 8.13. The SMILES string of the molecule is Cc1cc(C(=O)N2CCC(F)(CN3CCC(n4cc(C)c5cc(N6CCC(=O)NC6=O)ccc54)CC3)CC2)ccc1[C@H]1CCCN(c2cc(-c3ccccc3O)nnc2N)C1. The van der Waals surface area contributed by atoms with Crippen LogP contribution in [0.4, 0.5) is 26.4 Å². The molecule has 4 aliphatic heterocycles. The minimum absolute atomic E-state index is 0.0502. The molecule has 9 rings (SSSR count). The molecule has 0 bridgehead atoms. The number of halogens is 1. The Labute approximate surface area is 355 Å². The van der Waals surface area contributed by atoms with E-state index in [1.165, 1.54) is 5.56 Å². The number of amides is 4. The number of phenols is 1. The van der Waals surface area contributed by atoms with Crippen LogP contribution in [-0.4, -0.2) is 106 Å². The zero-order valence-electron chi connectivity index (χ0n) is 34.9. The Morgan fingerprint density at radius 2 is 1.70 bits per heavy atom. The minimum atomic E-state index is -1.34. The molecule has 0 spiro atoms.